The Bertz CT molecular complexity index is 1400. The zero-order valence-electron chi connectivity index (χ0n) is 16.8. The van der Waals surface area contributed by atoms with Gasteiger partial charge in [0.1, 0.15) is 0 Å². The number of rotatable bonds is 5. The third kappa shape index (κ3) is 3.64. The molecule has 0 unspecified atom stereocenters. The van der Waals surface area contributed by atoms with Crippen LogP contribution in [0.3, 0.4) is 0 Å². The van der Waals surface area contributed by atoms with Crippen molar-refractivity contribution in [3.05, 3.63) is 55.9 Å². The molecule has 0 radical (unpaired) electrons. The number of pyridine rings is 1. The van der Waals surface area contributed by atoms with Gasteiger partial charge in [-0.25, -0.2) is 9.78 Å². The molecule has 0 bridgehead atoms. The van der Waals surface area contributed by atoms with Crippen molar-refractivity contribution < 1.29 is 18.6 Å². The van der Waals surface area contributed by atoms with Crippen molar-refractivity contribution in [2.75, 3.05) is 0 Å². The zero-order valence-corrected chi connectivity index (χ0v) is 18.5. The molecule has 0 aliphatic carbocycles. The summed E-state index contributed by atoms with van der Waals surface area (Å²) >= 11 is 3.21. The van der Waals surface area contributed by atoms with Gasteiger partial charge in [-0.1, -0.05) is 10.3 Å². The number of ether oxygens (including phenoxy) is 1. The third-order valence-electron chi connectivity index (χ3n) is 4.73. The topological polar surface area (TPSA) is 104 Å². The van der Waals surface area contributed by atoms with Gasteiger partial charge in [-0.15, -0.1) is 11.3 Å². The summed E-state index contributed by atoms with van der Waals surface area (Å²) in [5, 5.41) is 12.3. The summed E-state index contributed by atoms with van der Waals surface area (Å²) in [5.41, 5.74) is 3.63. The van der Waals surface area contributed by atoms with Gasteiger partial charge in [0.15, 0.2) is 6.61 Å². The van der Waals surface area contributed by atoms with Gasteiger partial charge in [-0.05, 0) is 44.4 Å². The van der Waals surface area contributed by atoms with E-state index in [4.69, 9.17) is 13.8 Å². The molecule has 10 heteroatoms. The van der Waals surface area contributed by atoms with Gasteiger partial charge in [0, 0.05) is 26.3 Å². The van der Waals surface area contributed by atoms with E-state index in [0.29, 0.717) is 33.9 Å². The summed E-state index contributed by atoms with van der Waals surface area (Å²) in [6.45, 7) is 5.66. The third-order valence-corrected chi connectivity index (χ3v) is 6.38. The highest BCUT2D eigenvalue weighted by Crippen LogP contribution is 2.33. The second-order valence-electron chi connectivity index (χ2n) is 6.93. The standard InChI is InChI=1S/C21H16N4O4S2/c1-10-6-14(12(3)31-10)16-7-15(18-11(2)24-29-20(18)22-16)21(26)27-8-17-23-19(25-28-17)13-4-5-30-9-13/h4-7,9H,8H2,1-3H3. The van der Waals surface area contributed by atoms with Crippen LogP contribution in [0.4, 0.5) is 0 Å². The molecule has 0 atom stereocenters. The van der Waals surface area contributed by atoms with Gasteiger partial charge in [0.05, 0.1) is 22.3 Å². The molecule has 5 heterocycles. The van der Waals surface area contributed by atoms with Gasteiger partial charge in [0.2, 0.25) is 5.82 Å². The van der Waals surface area contributed by atoms with Crippen LogP contribution in [-0.2, 0) is 11.3 Å². The Balaban J connectivity index is 1.45. The molecular formula is C21H16N4O4S2. The number of esters is 1. The van der Waals surface area contributed by atoms with Gasteiger partial charge in [-0.3, -0.25) is 0 Å². The fourth-order valence-corrected chi connectivity index (χ4v) is 4.87. The second kappa shape index (κ2) is 7.71. The average molecular weight is 453 g/mol. The Morgan fingerprint density at radius 3 is 2.74 bits per heavy atom. The first-order chi connectivity index (χ1) is 15.0. The lowest BCUT2D eigenvalue weighted by molar-refractivity contribution is 0.0432. The van der Waals surface area contributed by atoms with Crippen molar-refractivity contribution in [3.63, 3.8) is 0 Å². The molecule has 0 amide bonds. The minimum atomic E-state index is -0.542. The van der Waals surface area contributed by atoms with Crippen molar-refractivity contribution in [1.82, 2.24) is 20.3 Å². The molecule has 0 N–H and O–H groups in total. The molecule has 0 saturated heterocycles. The highest BCUT2D eigenvalue weighted by Gasteiger charge is 2.22. The first-order valence-corrected chi connectivity index (χ1v) is 11.1. The summed E-state index contributed by atoms with van der Waals surface area (Å²) in [7, 11) is 0. The molecule has 0 aromatic carbocycles. The summed E-state index contributed by atoms with van der Waals surface area (Å²) in [6, 6.07) is 5.65. The molecule has 5 rings (SSSR count). The highest BCUT2D eigenvalue weighted by molar-refractivity contribution is 7.12. The number of thiophene rings is 2. The summed E-state index contributed by atoms with van der Waals surface area (Å²) < 4.78 is 16.0. The molecule has 0 aliphatic heterocycles. The maximum absolute atomic E-state index is 13.0. The quantitative estimate of drug-likeness (QED) is 0.329. The Kier molecular flexibility index (Phi) is 4.87. The molecule has 156 valence electrons. The second-order valence-corrected chi connectivity index (χ2v) is 9.17. The van der Waals surface area contributed by atoms with Crippen molar-refractivity contribution in [1.29, 1.82) is 0 Å². The summed E-state index contributed by atoms with van der Waals surface area (Å²) in [6.07, 6.45) is 0. The number of carbonyl (C=O) groups is 1. The van der Waals surface area contributed by atoms with Gasteiger partial charge in [0.25, 0.3) is 11.6 Å². The molecule has 5 aromatic rings. The van der Waals surface area contributed by atoms with E-state index in [0.717, 1.165) is 20.9 Å². The van der Waals surface area contributed by atoms with Crippen LogP contribution in [0, 0.1) is 20.8 Å². The van der Waals surface area contributed by atoms with Crippen LogP contribution in [0.2, 0.25) is 0 Å². The van der Waals surface area contributed by atoms with Crippen molar-refractivity contribution in [2.45, 2.75) is 27.4 Å². The van der Waals surface area contributed by atoms with E-state index in [-0.39, 0.29) is 12.5 Å². The predicted molar refractivity (Wildman–Crippen MR) is 116 cm³/mol. The van der Waals surface area contributed by atoms with E-state index >= 15 is 0 Å². The molecule has 0 spiro atoms. The average Bonchev–Trinajstić information content (AvgIpc) is 3.53. The number of nitrogens with zero attached hydrogens (tertiary/aromatic N) is 4. The molecule has 31 heavy (non-hydrogen) atoms. The largest absolute Gasteiger partial charge is 0.452 e. The maximum atomic E-state index is 13.0. The van der Waals surface area contributed by atoms with Crippen LogP contribution in [0.5, 0.6) is 0 Å². The Morgan fingerprint density at radius 1 is 1.13 bits per heavy atom. The van der Waals surface area contributed by atoms with E-state index in [1.54, 1.807) is 24.3 Å². The fourth-order valence-electron chi connectivity index (χ4n) is 3.31. The molecule has 0 saturated carbocycles. The Labute approximate surface area is 184 Å². The lowest BCUT2D eigenvalue weighted by Gasteiger charge is -2.06. The van der Waals surface area contributed by atoms with Crippen LogP contribution in [0.1, 0.15) is 31.7 Å². The van der Waals surface area contributed by atoms with Crippen molar-refractivity contribution in [2.24, 2.45) is 0 Å². The van der Waals surface area contributed by atoms with E-state index in [1.165, 1.54) is 11.3 Å². The van der Waals surface area contributed by atoms with Gasteiger partial charge < -0.3 is 13.8 Å². The Morgan fingerprint density at radius 2 is 2.00 bits per heavy atom. The van der Waals surface area contributed by atoms with E-state index in [1.807, 2.05) is 36.7 Å². The van der Waals surface area contributed by atoms with Crippen LogP contribution in [-0.4, -0.2) is 26.3 Å². The number of hydrogen-bond donors (Lipinski definition) is 0. The molecule has 0 fully saturated rings. The monoisotopic (exact) mass is 452 g/mol. The smallest absolute Gasteiger partial charge is 0.339 e. The van der Waals surface area contributed by atoms with E-state index in [2.05, 4.69) is 20.3 Å². The minimum absolute atomic E-state index is 0.143. The SMILES string of the molecule is Cc1cc(-c2cc(C(=O)OCc3nc(-c4ccsc4)no3)c3c(C)noc3n2)c(C)s1. The normalized spacial score (nSPS) is 11.3. The molecular weight excluding hydrogens is 436 g/mol. The number of aromatic nitrogens is 4. The van der Waals surface area contributed by atoms with Crippen molar-refractivity contribution >= 4 is 39.7 Å². The maximum Gasteiger partial charge on any atom is 0.339 e. The molecule has 8 nitrogen and oxygen atoms in total. The Hall–Kier alpha value is -3.37. The van der Waals surface area contributed by atoms with Gasteiger partial charge in [-0.2, -0.15) is 16.3 Å². The van der Waals surface area contributed by atoms with Crippen LogP contribution < -0.4 is 0 Å². The predicted octanol–water partition coefficient (Wildman–Crippen LogP) is 5.35. The lowest BCUT2D eigenvalue weighted by Crippen LogP contribution is -2.07. The minimum Gasteiger partial charge on any atom is -0.452 e. The first kappa shape index (κ1) is 19.6. The van der Waals surface area contributed by atoms with Crippen LogP contribution in [0.15, 0.2) is 38.0 Å². The molecule has 0 aliphatic rings. The fraction of sp³-hybridized carbons (Fsp3) is 0.190. The number of fused-ring (bicyclic) bond motifs is 1. The van der Waals surface area contributed by atoms with Gasteiger partial charge >= 0.3 is 5.97 Å². The number of hydrogen-bond acceptors (Lipinski definition) is 10. The van der Waals surface area contributed by atoms with Crippen LogP contribution in [0.25, 0.3) is 33.7 Å². The van der Waals surface area contributed by atoms with E-state index in [9.17, 15) is 4.79 Å². The lowest BCUT2D eigenvalue weighted by atomic mass is 10.1. The summed E-state index contributed by atoms with van der Waals surface area (Å²) in [5.74, 6) is 0.130. The van der Waals surface area contributed by atoms with E-state index < -0.39 is 5.97 Å². The molecule has 5 aromatic heterocycles. The first-order valence-electron chi connectivity index (χ1n) is 9.36. The zero-order chi connectivity index (χ0) is 21.5. The van der Waals surface area contributed by atoms with Crippen LogP contribution >= 0.6 is 22.7 Å². The summed E-state index contributed by atoms with van der Waals surface area (Å²) in [4.78, 5) is 24.1. The number of aryl methyl sites for hydroxylation is 3. The number of carbonyl (C=O) groups excluding carboxylic acids is 1. The highest BCUT2D eigenvalue weighted by atomic mass is 32.1. The van der Waals surface area contributed by atoms with Crippen molar-refractivity contribution in [3.8, 4) is 22.6 Å².